The van der Waals surface area contributed by atoms with Crippen LogP contribution in [0.3, 0.4) is 0 Å². The van der Waals surface area contributed by atoms with Gasteiger partial charge in [0.25, 0.3) is 0 Å². The Morgan fingerprint density at radius 1 is 1.31 bits per heavy atom. The number of carbonyl (C=O) groups excluding carboxylic acids is 1. The second-order valence-electron chi connectivity index (χ2n) is 4.22. The van der Waals surface area contributed by atoms with Gasteiger partial charge in [-0.25, -0.2) is 0 Å². The van der Waals surface area contributed by atoms with E-state index in [1.165, 1.54) is 0 Å². The zero-order chi connectivity index (χ0) is 11.8. The quantitative estimate of drug-likeness (QED) is 0.807. The normalized spacial score (nSPS) is 10.9. The van der Waals surface area contributed by atoms with Crippen LogP contribution in [0.5, 0.6) is 0 Å². The number of benzene rings is 1. The Morgan fingerprint density at radius 2 is 2.00 bits per heavy atom. The average molecular weight is 217 g/mol. The van der Waals surface area contributed by atoms with Crippen LogP contribution >= 0.6 is 0 Å². The van der Waals surface area contributed by atoms with Crippen molar-refractivity contribution in [1.82, 2.24) is 5.32 Å². The van der Waals surface area contributed by atoms with Gasteiger partial charge in [0.15, 0.2) is 0 Å². The first-order valence-corrected chi connectivity index (χ1v) is 5.67. The smallest absolute Gasteiger partial charge is 0.220 e. The second kappa shape index (κ2) is 6.83. The Morgan fingerprint density at radius 3 is 2.62 bits per heavy atom. The van der Waals surface area contributed by atoms with E-state index in [-0.39, 0.29) is 5.91 Å². The molecule has 1 N–H and O–H groups in total. The van der Waals surface area contributed by atoms with Gasteiger partial charge in [-0.05, 0) is 11.5 Å². The largest absolute Gasteiger partial charge is 0.353 e. The highest BCUT2D eigenvalue weighted by molar-refractivity contribution is 5.76. The van der Waals surface area contributed by atoms with Crippen LogP contribution in [0.1, 0.15) is 25.8 Å². The van der Waals surface area contributed by atoms with Crippen LogP contribution in [-0.4, -0.2) is 12.5 Å². The minimum Gasteiger partial charge on any atom is -0.353 e. The summed E-state index contributed by atoms with van der Waals surface area (Å²) in [5.74, 6) is 0.533. The molecule has 16 heavy (non-hydrogen) atoms. The Bertz CT molecular complexity index is 341. The molecule has 1 aromatic rings. The molecule has 0 atom stereocenters. The summed E-state index contributed by atoms with van der Waals surface area (Å²) in [5.41, 5.74) is 1.15. The van der Waals surface area contributed by atoms with Gasteiger partial charge in [-0.2, -0.15) is 0 Å². The van der Waals surface area contributed by atoms with Gasteiger partial charge in [-0.15, -0.1) is 0 Å². The Labute approximate surface area is 97.4 Å². The molecule has 0 bridgehead atoms. The lowest BCUT2D eigenvalue weighted by Crippen LogP contribution is -2.24. The van der Waals surface area contributed by atoms with Crippen molar-refractivity contribution in [1.29, 1.82) is 0 Å². The zero-order valence-electron chi connectivity index (χ0n) is 9.94. The van der Waals surface area contributed by atoms with E-state index in [4.69, 9.17) is 0 Å². The number of hydrogen-bond donors (Lipinski definition) is 1. The lowest BCUT2D eigenvalue weighted by Gasteiger charge is -2.04. The van der Waals surface area contributed by atoms with Gasteiger partial charge in [-0.3, -0.25) is 4.79 Å². The molecule has 0 spiro atoms. The first-order valence-electron chi connectivity index (χ1n) is 5.67. The van der Waals surface area contributed by atoms with Crippen molar-refractivity contribution >= 4 is 12.0 Å². The molecule has 0 radical (unpaired) electrons. The van der Waals surface area contributed by atoms with Crippen molar-refractivity contribution in [2.24, 2.45) is 5.92 Å². The first kappa shape index (κ1) is 12.5. The maximum atomic E-state index is 11.3. The van der Waals surface area contributed by atoms with Crippen LogP contribution < -0.4 is 5.32 Å². The molecule has 1 rings (SSSR count). The van der Waals surface area contributed by atoms with Crippen LogP contribution in [0.25, 0.3) is 6.08 Å². The fourth-order valence-electron chi connectivity index (χ4n) is 1.37. The van der Waals surface area contributed by atoms with Crippen molar-refractivity contribution in [3.8, 4) is 0 Å². The summed E-state index contributed by atoms with van der Waals surface area (Å²) in [6, 6.07) is 10.1. The molecule has 0 saturated carbocycles. The summed E-state index contributed by atoms with van der Waals surface area (Å²) in [4.78, 5) is 11.3. The molecule has 0 aromatic heterocycles. The predicted octanol–water partition coefficient (Wildman–Crippen LogP) is 2.86. The highest BCUT2D eigenvalue weighted by Crippen LogP contribution is 2.00. The minimum absolute atomic E-state index is 0.118. The third kappa shape index (κ3) is 5.35. The van der Waals surface area contributed by atoms with Crippen LogP contribution in [0.2, 0.25) is 0 Å². The fraction of sp³-hybridized carbons (Fsp3) is 0.357. The van der Waals surface area contributed by atoms with Gasteiger partial charge in [0.1, 0.15) is 0 Å². The SMILES string of the molecule is CC(C)CC(=O)NC/C=C\c1ccccc1. The summed E-state index contributed by atoms with van der Waals surface area (Å²) in [6.45, 7) is 4.68. The fourth-order valence-corrected chi connectivity index (χ4v) is 1.37. The molecule has 1 amide bonds. The van der Waals surface area contributed by atoms with Crippen LogP contribution in [0.4, 0.5) is 0 Å². The summed E-state index contributed by atoms with van der Waals surface area (Å²) in [7, 11) is 0. The Balaban J connectivity index is 2.25. The molecule has 86 valence electrons. The van der Waals surface area contributed by atoms with Gasteiger partial charge in [-0.1, -0.05) is 56.3 Å². The third-order valence-corrected chi connectivity index (χ3v) is 2.12. The van der Waals surface area contributed by atoms with Gasteiger partial charge in [0.05, 0.1) is 0 Å². The first-order chi connectivity index (χ1) is 7.68. The van der Waals surface area contributed by atoms with E-state index >= 15 is 0 Å². The number of carbonyl (C=O) groups is 1. The molecule has 1 aromatic carbocycles. The summed E-state index contributed by atoms with van der Waals surface area (Å²) in [6.07, 6.45) is 4.57. The summed E-state index contributed by atoms with van der Waals surface area (Å²) < 4.78 is 0. The second-order valence-corrected chi connectivity index (χ2v) is 4.22. The van der Waals surface area contributed by atoms with Crippen molar-refractivity contribution < 1.29 is 4.79 Å². The molecule has 0 saturated heterocycles. The van der Waals surface area contributed by atoms with Gasteiger partial charge >= 0.3 is 0 Å². The molecule has 0 aliphatic rings. The number of rotatable bonds is 5. The van der Waals surface area contributed by atoms with Crippen LogP contribution in [0, 0.1) is 5.92 Å². The van der Waals surface area contributed by atoms with Crippen molar-refractivity contribution in [3.05, 3.63) is 42.0 Å². The van der Waals surface area contributed by atoms with E-state index in [1.807, 2.05) is 56.3 Å². The van der Waals surface area contributed by atoms with E-state index in [0.717, 1.165) is 5.56 Å². The molecule has 0 unspecified atom stereocenters. The maximum absolute atomic E-state index is 11.3. The van der Waals surface area contributed by atoms with Gasteiger partial charge in [0.2, 0.25) is 5.91 Å². The molecule has 0 aliphatic carbocycles. The molecule has 0 fully saturated rings. The van der Waals surface area contributed by atoms with Gasteiger partial charge in [0, 0.05) is 13.0 Å². The average Bonchev–Trinajstić information content (AvgIpc) is 2.25. The molecule has 0 heterocycles. The molecule has 0 aliphatic heterocycles. The predicted molar refractivity (Wildman–Crippen MR) is 67.9 cm³/mol. The highest BCUT2D eigenvalue weighted by Gasteiger charge is 2.01. The van der Waals surface area contributed by atoms with E-state index in [9.17, 15) is 4.79 Å². The maximum Gasteiger partial charge on any atom is 0.220 e. The molecular weight excluding hydrogens is 198 g/mol. The third-order valence-electron chi connectivity index (χ3n) is 2.12. The highest BCUT2D eigenvalue weighted by atomic mass is 16.1. The number of nitrogens with one attached hydrogen (secondary N) is 1. The lowest BCUT2D eigenvalue weighted by atomic mass is 10.1. The lowest BCUT2D eigenvalue weighted by molar-refractivity contribution is -0.121. The van der Waals surface area contributed by atoms with Crippen molar-refractivity contribution in [3.63, 3.8) is 0 Å². The summed E-state index contributed by atoms with van der Waals surface area (Å²) >= 11 is 0. The molecular formula is C14H19NO. The Kier molecular flexibility index (Phi) is 5.34. The van der Waals surface area contributed by atoms with E-state index in [0.29, 0.717) is 18.9 Å². The van der Waals surface area contributed by atoms with Crippen molar-refractivity contribution in [2.75, 3.05) is 6.54 Å². The monoisotopic (exact) mass is 217 g/mol. The van der Waals surface area contributed by atoms with E-state index in [2.05, 4.69) is 5.32 Å². The summed E-state index contributed by atoms with van der Waals surface area (Å²) in [5, 5.41) is 2.86. The van der Waals surface area contributed by atoms with Crippen LogP contribution in [0.15, 0.2) is 36.4 Å². The number of amides is 1. The minimum atomic E-state index is 0.118. The molecule has 2 heteroatoms. The number of hydrogen-bond acceptors (Lipinski definition) is 1. The Hall–Kier alpha value is -1.57. The standard InChI is InChI=1S/C14H19NO/c1-12(2)11-14(16)15-10-6-9-13-7-4-3-5-8-13/h3-9,12H,10-11H2,1-2H3,(H,15,16)/b9-6-. The van der Waals surface area contributed by atoms with Gasteiger partial charge < -0.3 is 5.32 Å². The molecule has 2 nitrogen and oxygen atoms in total. The zero-order valence-corrected chi connectivity index (χ0v) is 9.94. The topological polar surface area (TPSA) is 29.1 Å². The van der Waals surface area contributed by atoms with Crippen molar-refractivity contribution in [2.45, 2.75) is 20.3 Å². The van der Waals surface area contributed by atoms with E-state index in [1.54, 1.807) is 0 Å². The van der Waals surface area contributed by atoms with E-state index < -0.39 is 0 Å². The van der Waals surface area contributed by atoms with Crippen LogP contribution in [-0.2, 0) is 4.79 Å².